The van der Waals surface area contributed by atoms with Crippen LogP contribution in [0, 0.1) is 11.6 Å². The van der Waals surface area contributed by atoms with Crippen molar-refractivity contribution in [2.75, 3.05) is 32.8 Å². The Balaban J connectivity index is 1.53. The minimum absolute atomic E-state index is 0.180. The summed E-state index contributed by atoms with van der Waals surface area (Å²) in [7, 11) is 0. The molecule has 0 aromatic heterocycles. The molecular formula is C20H20F2N2O3. The molecule has 1 aliphatic heterocycles. The Labute approximate surface area is 156 Å². The first-order valence-electron chi connectivity index (χ1n) is 8.74. The van der Waals surface area contributed by atoms with Crippen LogP contribution in [0.15, 0.2) is 48.5 Å². The average molecular weight is 374 g/mol. The molecule has 1 fully saturated rings. The van der Waals surface area contributed by atoms with E-state index in [9.17, 15) is 18.4 Å². The zero-order chi connectivity index (χ0) is 19.2. The summed E-state index contributed by atoms with van der Waals surface area (Å²) >= 11 is 0. The Kier molecular flexibility index (Phi) is 6.01. The normalized spacial score (nSPS) is 14.6. The van der Waals surface area contributed by atoms with Gasteiger partial charge in [0, 0.05) is 37.8 Å². The lowest BCUT2D eigenvalue weighted by molar-refractivity contribution is -0.133. The molecule has 0 saturated carbocycles. The number of carbonyl (C=O) groups is 2. The standard InChI is InChI=1S/C20H20F2N2O3/c21-16-7-5-15(6-8-16)20(26)24-10-2-9-23(11-12-24)19(25)14-27-18-4-1-3-17(22)13-18/h1,3-8,13H,2,9-12,14H2. The summed E-state index contributed by atoms with van der Waals surface area (Å²) in [5.74, 6) is -0.913. The maximum absolute atomic E-state index is 13.1. The zero-order valence-corrected chi connectivity index (χ0v) is 14.7. The highest BCUT2D eigenvalue weighted by Crippen LogP contribution is 2.13. The van der Waals surface area contributed by atoms with Gasteiger partial charge in [-0.25, -0.2) is 8.78 Å². The number of carbonyl (C=O) groups excluding carboxylic acids is 2. The first-order chi connectivity index (χ1) is 13.0. The molecule has 0 bridgehead atoms. The Morgan fingerprint density at radius 3 is 2.33 bits per heavy atom. The van der Waals surface area contributed by atoms with Crippen LogP contribution < -0.4 is 4.74 Å². The molecular weight excluding hydrogens is 354 g/mol. The summed E-state index contributed by atoms with van der Waals surface area (Å²) in [5, 5.41) is 0. The third-order valence-corrected chi connectivity index (χ3v) is 4.39. The molecule has 0 atom stereocenters. The van der Waals surface area contributed by atoms with Gasteiger partial charge in [0.1, 0.15) is 17.4 Å². The lowest BCUT2D eigenvalue weighted by Crippen LogP contribution is -2.39. The summed E-state index contributed by atoms with van der Waals surface area (Å²) in [6.45, 7) is 1.62. The maximum Gasteiger partial charge on any atom is 0.260 e. The average Bonchev–Trinajstić information content (AvgIpc) is 2.92. The Hall–Kier alpha value is -2.96. The molecule has 7 heteroatoms. The Morgan fingerprint density at radius 2 is 1.59 bits per heavy atom. The van der Waals surface area contributed by atoms with Crippen LogP contribution in [-0.4, -0.2) is 54.4 Å². The van der Waals surface area contributed by atoms with Crippen LogP contribution in [0.2, 0.25) is 0 Å². The predicted octanol–water partition coefficient (Wildman–Crippen LogP) is 2.72. The minimum atomic E-state index is -0.426. The number of hydrogen-bond donors (Lipinski definition) is 0. The third kappa shape index (κ3) is 5.03. The van der Waals surface area contributed by atoms with Gasteiger partial charge >= 0.3 is 0 Å². The van der Waals surface area contributed by atoms with Gasteiger partial charge in [-0.2, -0.15) is 0 Å². The number of rotatable bonds is 4. The van der Waals surface area contributed by atoms with Gasteiger partial charge in [-0.05, 0) is 42.8 Å². The first-order valence-corrected chi connectivity index (χ1v) is 8.74. The van der Waals surface area contributed by atoms with Crippen molar-refractivity contribution in [1.29, 1.82) is 0 Å². The van der Waals surface area contributed by atoms with Gasteiger partial charge in [0.25, 0.3) is 11.8 Å². The van der Waals surface area contributed by atoms with E-state index in [4.69, 9.17) is 4.74 Å². The van der Waals surface area contributed by atoms with Gasteiger partial charge < -0.3 is 14.5 Å². The highest BCUT2D eigenvalue weighted by molar-refractivity contribution is 5.94. The topological polar surface area (TPSA) is 49.9 Å². The molecule has 0 radical (unpaired) electrons. The van der Waals surface area contributed by atoms with E-state index in [-0.39, 0.29) is 18.4 Å². The number of halogens is 2. The molecule has 27 heavy (non-hydrogen) atoms. The van der Waals surface area contributed by atoms with E-state index in [1.807, 2.05) is 0 Å². The van der Waals surface area contributed by atoms with Crippen molar-refractivity contribution in [3.8, 4) is 5.75 Å². The Morgan fingerprint density at radius 1 is 0.889 bits per heavy atom. The molecule has 0 spiro atoms. The van der Waals surface area contributed by atoms with Crippen LogP contribution in [0.3, 0.4) is 0 Å². The van der Waals surface area contributed by atoms with Gasteiger partial charge in [0.05, 0.1) is 0 Å². The second-order valence-electron chi connectivity index (χ2n) is 6.28. The first kappa shape index (κ1) is 18.8. The summed E-state index contributed by atoms with van der Waals surface area (Å²) in [4.78, 5) is 28.2. The van der Waals surface area contributed by atoms with Crippen molar-refractivity contribution in [2.24, 2.45) is 0 Å². The van der Waals surface area contributed by atoms with Gasteiger partial charge in [-0.3, -0.25) is 9.59 Å². The summed E-state index contributed by atoms with van der Waals surface area (Å²) in [5.41, 5.74) is 0.422. The molecule has 0 N–H and O–H groups in total. The predicted molar refractivity (Wildman–Crippen MR) is 95.4 cm³/mol. The molecule has 1 heterocycles. The molecule has 0 aliphatic carbocycles. The fourth-order valence-electron chi connectivity index (χ4n) is 2.94. The van der Waals surface area contributed by atoms with Crippen LogP contribution >= 0.6 is 0 Å². The van der Waals surface area contributed by atoms with Gasteiger partial charge in [-0.1, -0.05) is 6.07 Å². The van der Waals surface area contributed by atoms with Crippen molar-refractivity contribution >= 4 is 11.8 Å². The van der Waals surface area contributed by atoms with E-state index < -0.39 is 11.6 Å². The van der Waals surface area contributed by atoms with Crippen LogP contribution in [0.5, 0.6) is 5.75 Å². The summed E-state index contributed by atoms with van der Waals surface area (Å²) in [6.07, 6.45) is 0.638. The quantitative estimate of drug-likeness (QED) is 0.827. The van der Waals surface area contributed by atoms with Crippen molar-refractivity contribution in [2.45, 2.75) is 6.42 Å². The molecule has 1 aliphatic rings. The maximum atomic E-state index is 13.1. The highest BCUT2D eigenvalue weighted by Gasteiger charge is 2.23. The lowest BCUT2D eigenvalue weighted by atomic mass is 10.2. The monoisotopic (exact) mass is 374 g/mol. The molecule has 0 unspecified atom stereocenters. The van der Waals surface area contributed by atoms with Crippen molar-refractivity contribution in [1.82, 2.24) is 9.80 Å². The molecule has 2 aromatic carbocycles. The third-order valence-electron chi connectivity index (χ3n) is 4.39. The van der Waals surface area contributed by atoms with Crippen LogP contribution in [0.1, 0.15) is 16.8 Å². The van der Waals surface area contributed by atoms with E-state index in [2.05, 4.69) is 0 Å². The number of nitrogens with zero attached hydrogens (tertiary/aromatic N) is 2. The number of ether oxygens (including phenoxy) is 1. The number of hydrogen-bond acceptors (Lipinski definition) is 3. The molecule has 2 aromatic rings. The van der Waals surface area contributed by atoms with Crippen LogP contribution in [-0.2, 0) is 4.79 Å². The van der Waals surface area contributed by atoms with Gasteiger partial charge in [0.2, 0.25) is 0 Å². The lowest BCUT2D eigenvalue weighted by Gasteiger charge is -2.22. The van der Waals surface area contributed by atoms with Crippen LogP contribution in [0.25, 0.3) is 0 Å². The van der Waals surface area contributed by atoms with E-state index in [1.165, 1.54) is 42.5 Å². The second-order valence-corrected chi connectivity index (χ2v) is 6.28. The Bertz CT molecular complexity index is 811. The van der Waals surface area contributed by atoms with E-state index in [0.717, 1.165) is 0 Å². The SMILES string of the molecule is O=C(COc1cccc(F)c1)N1CCCN(C(=O)c2ccc(F)cc2)CC1. The van der Waals surface area contributed by atoms with Crippen LogP contribution in [0.4, 0.5) is 8.78 Å². The summed E-state index contributed by atoms with van der Waals surface area (Å²) < 4.78 is 31.5. The van der Waals surface area contributed by atoms with Gasteiger partial charge in [-0.15, -0.1) is 0 Å². The highest BCUT2D eigenvalue weighted by atomic mass is 19.1. The number of amides is 2. The van der Waals surface area contributed by atoms with Gasteiger partial charge in [0.15, 0.2) is 6.61 Å². The fraction of sp³-hybridized carbons (Fsp3) is 0.300. The van der Waals surface area contributed by atoms with Crippen molar-refractivity contribution < 1.29 is 23.1 Å². The van der Waals surface area contributed by atoms with E-state index >= 15 is 0 Å². The molecule has 2 amide bonds. The molecule has 5 nitrogen and oxygen atoms in total. The molecule has 3 rings (SSSR count). The zero-order valence-electron chi connectivity index (χ0n) is 14.7. The van der Waals surface area contributed by atoms with Crippen molar-refractivity contribution in [3.05, 3.63) is 65.7 Å². The second kappa shape index (κ2) is 8.62. The molecule has 1 saturated heterocycles. The van der Waals surface area contributed by atoms with E-state index in [0.29, 0.717) is 43.9 Å². The summed E-state index contributed by atoms with van der Waals surface area (Å²) in [6, 6.07) is 11.0. The largest absolute Gasteiger partial charge is 0.484 e. The molecule has 142 valence electrons. The fourth-order valence-corrected chi connectivity index (χ4v) is 2.94. The smallest absolute Gasteiger partial charge is 0.260 e. The van der Waals surface area contributed by atoms with Crippen molar-refractivity contribution in [3.63, 3.8) is 0 Å². The minimum Gasteiger partial charge on any atom is -0.484 e. The van der Waals surface area contributed by atoms with E-state index in [1.54, 1.807) is 15.9 Å². The number of benzene rings is 2.